The average molecular weight is 663 g/mol. The molecule has 6 aromatic rings. The molecule has 1 amide bonds. The first-order chi connectivity index (χ1) is 24.6. The minimum absolute atomic E-state index is 0.183. The zero-order valence-electron chi connectivity index (χ0n) is 28.0. The van der Waals surface area contributed by atoms with Crippen LogP contribution in [0.3, 0.4) is 0 Å². The van der Waals surface area contributed by atoms with Gasteiger partial charge in [-0.1, -0.05) is 117 Å². The molecule has 1 spiro atoms. The fourth-order valence-corrected chi connectivity index (χ4v) is 7.20. The highest BCUT2D eigenvalue weighted by molar-refractivity contribution is 6.08. The largest absolute Gasteiger partial charge is 0.294 e. The summed E-state index contributed by atoms with van der Waals surface area (Å²) in [5, 5.41) is 28.5. The summed E-state index contributed by atoms with van der Waals surface area (Å²) in [7, 11) is 0. The summed E-state index contributed by atoms with van der Waals surface area (Å²) in [6, 6.07) is 32.9. The van der Waals surface area contributed by atoms with Crippen LogP contribution in [0.2, 0.25) is 0 Å². The molecule has 11 heteroatoms. The topological polar surface area (TPSA) is 131 Å². The molecule has 50 heavy (non-hydrogen) atoms. The van der Waals surface area contributed by atoms with Crippen molar-refractivity contribution in [1.29, 1.82) is 0 Å². The average Bonchev–Trinajstić information content (AvgIpc) is 3.99. The highest BCUT2D eigenvalue weighted by Crippen LogP contribution is 2.40. The second-order valence-electron chi connectivity index (χ2n) is 13.1. The second kappa shape index (κ2) is 13.6. The van der Waals surface area contributed by atoms with E-state index in [1.807, 2.05) is 47.4 Å². The molecule has 0 unspecified atom stereocenters. The van der Waals surface area contributed by atoms with E-state index in [4.69, 9.17) is 10.1 Å². The van der Waals surface area contributed by atoms with Gasteiger partial charge in [0, 0.05) is 17.5 Å². The number of H-pyrrole nitrogens is 1. The normalized spacial score (nSPS) is 15.3. The maximum Gasteiger partial charge on any atom is 0.256 e. The Morgan fingerprint density at radius 3 is 2.22 bits per heavy atom. The van der Waals surface area contributed by atoms with Crippen molar-refractivity contribution in [2.75, 3.05) is 0 Å². The first-order valence-corrected chi connectivity index (χ1v) is 17.4. The van der Waals surface area contributed by atoms with Gasteiger partial charge in [0.2, 0.25) is 11.6 Å². The highest BCUT2D eigenvalue weighted by atomic mass is 16.2. The number of aliphatic imine (C=N–C) groups is 1. The number of carbonyl (C=O) groups is 1. The maximum atomic E-state index is 13.6. The van der Waals surface area contributed by atoms with E-state index >= 15 is 0 Å². The van der Waals surface area contributed by atoms with Gasteiger partial charge in [0.25, 0.3) is 5.91 Å². The second-order valence-corrected chi connectivity index (χ2v) is 13.1. The molecule has 0 radical (unpaired) electrons. The molecule has 1 aliphatic carbocycles. The maximum absolute atomic E-state index is 13.6. The third-order valence-corrected chi connectivity index (χ3v) is 9.79. The van der Waals surface area contributed by atoms with Gasteiger partial charge in [-0.05, 0) is 69.1 Å². The lowest BCUT2D eigenvalue weighted by atomic mass is 9.97. The molecular formula is C39H38N10O. The van der Waals surface area contributed by atoms with Crippen molar-refractivity contribution in [3.63, 3.8) is 0 Å². The van der Waals surface area contributed by atoms with E-state index in [1.54, 1.807) is 4.80 Å². The molecule has 11 nitrogen and oxygen atoms in total. The number of unbranched alkanes of at least 4 members (excludes halogenated alkanes) is 1. The monoisotopic (exact) mass is 662 g/mol. The predicted molar refractivity (Wildman–Crippen MR) is 192 cm³/mol. The Hall–Kier alpha value is -5.84. The Morgan fingerprint density at radius 2 is 1.46 bits per heavy atom. The van der Waals surface area contributed by atoms with E-state index in [0.717, 1.165) is 95.3 Å². The minimum atomic E-state index is -0.519. The van der Waals surface area contributed by atoms with Crippen molar-refractivity contribution in [3.05, 3.63) is 108 Å². The highest BCUT2D eigenvalue weighted by Gasteiger charge is 2.49. The summed E-state index contributed by atoms with van der Waals surface area (Å²) in [5.41, 5.74) is 7.44. The molecule has 2 aromatic heterocycles. The van der Waals surface area contributed by atoms with Gasteiger partial charge in [0.15, 0.2) is 0 Å². The number of tetrazole rings is 2. The van der Waals surface area contributed by atoms with E-state index in [0.29, 0.717) is 24.7 Å². The van der Waals surface area contributed by atoms with E-state index in [1.165, 1.54) is 0 Å². The van der Waals surface area contributed by atoms with E-state index in [2.05, 4.69) is 92.5 Å². The van der Waals surface area contributed by atoms with Crippen LogP contribution in [0.15, 0.2) is 102 Å². The molecule has 1 N–H and O–H groups in total. The molecule has 4 aromatic carbocycles. The Balaban J connectivity index is 1.01. The van der Waals surface area contributed by atoms with Crippen molar-refractivity contribution in [2.45, 2.75) is 70.5 Å². The number of aromatic nitrogens is 8. The number of aromatic amines is 1. The number of hydrogen-bond donors (Lipinski definition) is 1. The summed E-state index contributed by atoms with van der Waals surface area (Å²) >= 11 is 0. The Bertz CT molecular complexity index is 2130. The molecule has 1 aliphatic heterocycles. The van der Waals surface area contributed by atoms with E-state index in [9.17, 15) is 4.79 Å². The number of hydrogen-bond acceptors (Lipinski definition) is 8. The van der Waals surface area contributed by atoms with Gasteiger partial charge in [0.1, 0.15) is 11.4 Å². The predicted octanol–water partition coefficient (Wildman–Crippen LogP) is 7.15. The molecule has 0 bridgehead atoms. The van der Waals surface area contributed by atoms with Crippen molar-refractivity contribution in [2.24, 2.45) is 4.99 Å². The first kappa shape index (κ1) is 31.4. The van der Waals surface area contributed by atoms with Crippen LogP contribution in [0, 0.1) is 0 Å². The molecular weight excluding hydrogens is 624 g/mol. The van der Waals surface area contributed by atoms with Crippen molar-refractivity contribution in [3.8, 4) is 45.0 Å². The third kappa shape index (κ3) is 6.11. The van der Waals surface area contributed by atoms with Crippen molar-refractivity contribution < 1.29 is 4.79 Å². The summed E-state index contributed by atoms with van der Waals surface area (Å²) in [6.07, 6.45) is 6.85. The molecule has 3 heterocycles. The van der Waals surface area contributed by atoms with Crippen LogP contribution in [-0.4, -0.2) is 63.0 Å². The first-order valence-electron chi connectivity index (χ1n) is 17.4. The van der Waals surface area contributed by atoms with Crippen LogP contribution in [0.4, 0.5) is 0 Å². The summed E-state index contributed by atoms with van der Waals surface area (Å²) in [6.45, 7) is 3.14. The van der Waals surface area contributed by atoms with E-state index < -0.39 is 5.54 Å². The van der Waals surface area contributed by atoms with Gasteiger partial charge in [-0.2, -0.15) is 10.0 Å². The van der Waals surface area contributed by atoms with Crippen LogP contribution in [0.1, 0.15) is 63.0 Å². The van der Waals surface area contributed by atoms with Crippen LogP contribution in [-0.2, 0) is 17.9 Å². The Labute approximate surface area is 290 Å². The SMILES string of the molecule is CCCCC1=NC2(CCCC2)C(=O)N1Cc1ccc(-c2ccccc2-c2nnn(Cc3ccc(-c4ccccc4)c(-c4nn[nH]n4)c3)n2)cc1. The fraction of sp³-hybridized carbons (Fsp3) is 0.282. The van der Waals surface area contributed by atoms with Gasteiger partial charge in [-0.15, -0.1) is 20.4 Å². The van der Waals surface area contributed by atoms with Gasteiger partial charge in [0.05, 0.1) is 13.1 Å². The zero-order chi connectivity index (χ0) is 33.9. The number of carbonyl (C=O) groups excluding carboxylic acids is 1. The van der Waals surface area contributed by atoms with Crippen LogP contribution < -0.4 is 0 Å². The van der Waals surface area contributed by atoms with Crippen molar-refractivity contribution >= 4 is 11.7 Å². The summed E-state index contributed by atoms with van der Waals surface area (Å²) in [4.78, 5) is 22.2. The molecule has 1 fully saturated rings. The summed E-state index contributed by atoms with van der Waals surface area (Å²) in [5.74, 6) is 2.21. The number of benzene rings is 4. The molecule has 0 saturated heterocycles. The Morgan fingerprint density at radius 1 is 0.740 bits per heavy atom. The smallest absolute Gasteiger partial charge is 0.256 e. The number of amidine groups is 1. The van der Waals surface area contributed by atoms with Gasteiger partial charge in [-0.25, -0.2) is 0 Å². The van der Waals surface area contributed by atoms with Gasteiger partial charge in [-0.3, -0.25) is 14.7 Å². The van der Waals surface area contributed by atoms with Crippen molar-refractivity contribution in [1.82, 2.24) is 45.7 Å². The number of rotatable bonds is 11. The summed E-state index contributed by atoms with van der Waals surface area (Å²) < 4.78 is 0. The Kier molecular flexibility index (Phi) is 8.54. The van der Waals surface area contributed by atoms with Gasteiger partial charge < -0.3 is 0 Å². The lowest BCUT2D eigenvalue weighted by Crippen LogP contribution is -2.40. The standard InChI is InChI=1S/C39H38N10O/c1-2-3-15-35-40-39(22-9-10-23-39)38(50)48(35)25-27-16-19-30(20-17-27)31-13-7-8-14-33(31)37-43-47-49(44-37)26-28-18-21-32(29-11-5-4-6-12-29)34(24-28)36-41-45-46-42-36/h4-8,11-14,16-21,24H,2-3,9-10,15,22-23,25-26H2,1H3,(H,41,42,45,46). The fourth-order valence-electron chi connectivity index (χ4n) is 7.20. The minimum Gasteiger partial charge on any atom is -0.294 e. The molecule has 0 atom stereocenters. The third-order valence-electron chi connectivity index (χ3n) is 9.79. The lowest BCUT2D eigenvalue weighted by molar-refractivity contribution is -0.131. The molecule has 250 valence electrons. The van der Waals surface area contributed by atoms with Crippen LogP contribution >= 0.6 is 0 Å². The molecule has 2 aliphatic rings. The van der Waals surface area contributed by atoms with E-state index in [-0.39, 0.29) is 5.91 Å². The quantitative estimate of drug-likeness (QED) is 0.156. The number of amides is 1. The lowest BCUT2D eigenvalue weighted by Gasteiger charge is -2.23. The van der Waals surface area contributed by atoms with Gasteiger partial charge >= 0.3 is 0 Å². The molecule has 8 rings (SSSR count). The number of nitrogens with one attached hydrogen (secondary N) is 1. The number of nitrogens with zero attached hydrogens (tertiary/aromatic N) is 9. The van der Waals surface area contributed by atoms with Crippen LogP contribution in [0.5, 0.6) is 0 Å². The molecule has 1 saturated carbocycles. The zero-order valence-corrected chi connectivity index (χ0v) is 28.0. The van der Waals surface area contributed by atoms with Crippen LogP contribution in [0.25, 0.3) is 45.0 Å².